The normalized spacial score (nSPS) is 16.7. The van der Waals surface area contributed by atoms with Gasteiger partial charge < -0.3 is 4.42 Å². The number of halogens is 4. The third kappa shape index (κ3) is 6.03. The predicted molar refractivity (Wildman–Crippen MR) is 135 cm³/mol. The lowest BCUT2D eigenvalue weighted by atomic mass is 10.1. The highest BCUT2D eigenvalue weighted by atomic mass is 32.2. The van der Waals surface area contributed by atoms with Gasteiger partial charge in [0.2, 0.25) is 5.89 Å². The summed E-state index contributed by atoms with van der Waals surface area (Å²) in [7, 11) is -4.09. The second-order valence-corrected chi connectivity index (χ2v) is 12.0. The summed E-state index contributed by atoms with van der Waals surface area (Å²) in [5.41, 5.74) is 0.329. The molecule has 14 heteroatoms. The van der Waals surface area contributed by atoms with E-state index in [0.717, 1.165) is 10.4 Å². The van der Waals surface area contributed by atoms with E-state index in [-0.39, 0.29) is 41.4 Å². The topological polar surface area (TPSA) is 82.8 Å². The molecule has 0 saturated carbocycles. The predicted octanol–water partition coefficient (Wildman–Crippen LogP) is 4.40. The van der Waals surface area contributed by atoms with Crippen molar-refractivity contribution in [2.45, 2.75) is 19.6 Å². The van der Waals surface area contributed by atoms with Crippen molar-refractivity contribution in [2.75, 3.05) is 36.7 Å². The Labute approximate surface area is 214 Å². The lowest BCUT2D eigenvalue weighted by Crippen LogP contribution is -2.52. The summed E-state index contributed by atoms with van der Waals surface area (Å²) in [5, 5.41) is 8.36. The Morgan fingerprint density at radius 3 is 2.32 bits per heavy atom. The van der Waals surface area contributed by atoms with Gasteiger partial charge >= 0.3 is 22.3 Å². The van der Waals surface area contributed by atoms with E-state index in [1.54, 1.807) is 30.3 Å². The van der Waals surface area contributed by atoms with Crippen molar-refractivity contribution in [1.29, 1.82) is 0 Å². The van der Waals surface area contributed by atoms with E-state index in [1.807, 2.05) is 6.92 Å². The zero-order chi connectivity index (χ0) is 26.8. The highest BCUT2D eigenvalue weighted by molar-refractivity contribution is 8.12. The number of hydrogen-bond donors (Lipinski definition) is 0. The molecule has 0 N–H and O–H groups in total. The first-order chi connectivity index (χ1) is 17.5. The Hall–Kier alpha value is -2.81. The van der Waals surface area contributed by atoms with Crippen molar-refractivity contribution in [3.63, 3.8) is 0 Å². The Kier molecular flexibility index (Phi) is 8.02. The molecular weight excluding hydrogens is 534 g/mol. The molecule has 0 bridgehead atoms. The van der Waals surface area contributed by atoms with Gasteiger partial charge in [0.25, 0.3) is 0 Å². The second-order valence-electron chi connectivity index (χ2n) is 8.15. The summed E-state index contributed by atoms with van der Waals surface area (Å²) >= 11 is 0. The molecule has 1 aliphatic heterocycles. The van der Waals surface area contributed by atoms with Crippen molar-refractivity contribution >= 4 is 31.9 Å². The van der Waals surface area contributed by atoms with Gasteiger partial charge in [-0.25, -0.2) is 4.39 Å². The Morgan fingerprint density at radius 1 is 1.08 bits per heavy atom. The van der Waals surface area contributed by atoms with Crippen LogP contribution in [0.1, 0.15) is 18.4 Å². The number of hydrogen-bond acceptors (Lipinski definition) is 6. The molecule has 2 heterocycles. The van der Waals surface area contributed by atoms with Gasteiger partial charge in [-0.1, -0.05) is 29.6 Å². The average Bonchev–Trinajstić information content (AvgIpc) is 3.39. The first kappa shape index (κ1) is 27.2. The minimum atomic E-state index is -4.83. The van der Waals surface area contributed by atoms with Crippen molar-refractivity contribution in [1.82, 2.24) is 18.8 Å². The third-order valence-corrected chi connectivity index (χ3v) is 9.65. The SMILES string of the molecule is C/C=S(\C)N1CCN(S(=O)(=O)N(Cc2ccc(-c3nnc(C(F)(F)F)o3)cc2F)c2ccccc2)CC1. The number of rotatable bonds is 7. The molecule has 0 amide bonds. The van der Waals surface area contributed by atoms with Crippen molar-refractivity contribution < 1.29 is 30.4 Å². The maximum atomic E-state index is 15.1. The molecule has 1 aliphatic rings. The first-order valence-corrected chi connectivity index (χ1v) is 14.3. The molecule has 1 fully saturated rings. The number of anilines is 1. The lowest BCUT2D eigenvalue weighted by molar-refractivity contribution is -0.156. The molecule has 1 saturated heterocycles. The maximum Gasteiger partial charge on any atom is 0.470 e. The number of benzene rings is 2. The van der Waals surface area contributed by atoms with Gasteiger partial charge in [-0.05, 0) is 37.4 Å². The van der Waals surface area contributed by atoms with Gasteiger partial charge in [0.1, 0.15) is 5.82 Å². The Morgan fingerprint density at radius 2 is 1.76 bits per heavy atom. The van der Waals surface area contributed by atoms with E-state index in [9.17, 15) is 21.6 Å². The van der Waals surface area contributed by atoms with Crippen LogP contribution < -0.4 is 4.31 Å². The zero-order valence-corrected chi connectivity index (χ0v) is 21.7. The smallest absolute Gasteiger partial charge is 0.413 e. The van der Waals surface area contributed by atoms with Crippen LogP contribution in [0.3, 0.4) is 0 Å². The molecule has 2 aromatic carbocycles. The van der Waals surface area contributed by atoms with Gasteiger partial charge in [-0.2, -0.15) is 25.9 Å². The monoisotopic (exact) mass is 559 g/mol. The molecule has 1 unspecified atom stereocenters. The summed E-state index contributed by atoms with van der Waals surface area (Å²) in [5.74, 6) is -2.86. The van der Waals surface area contributed by atoms with Crippen molar-refractivity contribution in [3.8, 4) is 11.5 Å². The summed E-state index contributed by atoms with van der Waals surface area (Å²) in [4.78, 5) is 0. The molecule has 0 aliphatic carbocycles. The number of nitrogens with zero attached hydrogens (tertiary/aromatic N) is 5. The van der Waals surface area contributed by atoms with E-state index in [1.165, 1.54) is 16.4 Å². The van der Waals surface area contributed by atoms with Crippen LogP contribution in [-0.4, -0.2) is 65.0 Å². The molecule has 0 spiro atoms. The summed E-state index contributed by atoms with van der Waals surface area (Å²) < 4.78 is 90.1. The van der Waals surface area contributed by atoms with E-state index < -0.39 is 34.0 Å². The average molecular weight is 560 g/mol. The minimum absolute atomic E-state index is 0.0288. The molecule has 200 valence electrons. The quantitative estimate of drug-likeness (QED) is 0.315. The van der Waals surface area contributed by atoms with Gasteiger partial charge in [0.05, 0.1) is 12.2 Å². The van der Waals surface area contributed by atoms with Crippen LogP contribution in [-0.2, 0) is 22.9 Å². The van der Waals surface area contributed by atoms with Crippen molar-refractivity contribution in [2.24, 2.45) is 0 Å². The van der Waals surface area contributed by atoms with Crippen LogP contribution in [0.4, 0.5) is 23.2 Å². The highest BCUT2D eigenvalue weighted by Crippen LogP contribution is 2.32. The molecule has 4 rings (SSSR count). The van der Waals surface area contributed by atoms with Crippen LogP contribution in [0.25, 0.3) is 11.5 Å². The molecule has 37 heavy (non-hydrogen) atoms. The number of piperazine rings is 1. The fourth-order valence-corrected chi connectivity index (χ4v) is 6.43. The Bertz CT molecular complexity index is 1370. The highest BCUT2D eigenvalue weighted by Gasteiger charge is 2.38. The van der Waals surface area contributed by atoms with E-state index in [4.69, 9.17) is 0 Å². The molecular formula is C23H25F4N5O3S2. The fourth-order valence-electron chi connectivity index (χ4n) is 3.79. The van der Waals surface area contributed by atoms with E-state index in [2.05, 4.69) is 30.5 Å². The standard InChI is InChI=1S/C23H25F4N5O3S2/c1-3-36(2)30-11-13-31(14-12-30)37(33,34)32(19-7-5-4-6-8-19)16-18-10-9-17(15-20(18)24)21-28-29-22(35-21)23(25,26)27/h3-10,15H,11-14,16H2,1-2H3. The Balaban J connectivity index is 1.60. The van der Waals surface area contributed by atoms with Crippen LogP contribution in [0.15, 0.2) is 52.9 Å². The van der Waals surface area contributed by atoms with E-state index in [0.29, 0.717) is 18.8 Å². The van der Waals surface area contributed by atoms with E-state index >= 15 is 4.39 Å². The largest absolute Gasteiger partial charge is 0.470 e. The molecule has 3 aromatic rings. The summed E-state index contributed by atoms with van der Waals surface area (Å²) in [6.07, 6.45) is -2.75. The van der Waals surface area contributed by atoms with Crippen LogP contribution in [0.5, 0.6) is 0 Å². The van der Waals surface area contributed by atoms with Crippen LogP contribution >= 0.6 is 10.7 Å². The number of para-hydroxylation sites is 1. The first-order valence-electron chi connectivity index (χ1n) is 11.2. The van der Waals surface area contributed by atoms with Gasteiger partial charge in [-0.3, -0.25) is 8.61 Å². The maximum absolute atomic E-state index is 15.1. The second kappa shape index (κ2) is 10.9. The summed E-state index contributed by atoms with van der Waals surface area (Å²) in [6.45, 7) is 3.36. The zero-order valence-electron chi connectivity index (χ0n) is 20.0. The summed E-state index contributed by atoms with van der Waals surface area (Å²) in [6, 6.07) is 11.9. The molecule has 0 radical (unpaired) electrons. The van der Waals surface area contributed by atoms with Crippen LogP contribution in [0, 0.1) is 5.82 Å². The molecule has 8 nitrogen and oxygen atoms in total. The van der Waals surface area contributed by atoms with Gasteiger partial charge in [0.15, 0.2) is 0 Å². The minimum Gasteiger partial charge on any atom is -0.413 e. The number of aromatic nitrogens is 2. The fraction of sp³-hybridized carbons (Fsp3) is 0.348. The molecule has 1 aromatic heterocycles. The van der Waals surface area contributed by atoms with Crippen LogP contribution in [0.2, 0.25) is 0 Å². The van der Waals surface area contributed by atoms with Gasteiger partial charge in [0, 0.05) is 37.3 Å². The third-order valence-electron chi connectivity index (χ3n) is 5.88. The lowest BCUT2D eigenvalue weighted by Gasteiger charge is -2.37. The molecule has 1 atom stereocenters. The van der Waals surface area contributed by atoms with Gasteiger partial charge in [-0.15, -0.1) is 20.9 Å². The van der Waals surface area contributed by atoms with Crippen molar-refractivity contribution in [3.05, 3.63) is 65.8 Å². The number of alkyl halides is 3.